The van der Waals surface area contributed by atoms with E-state index in [1.54, 1.807) is 12.1 Å². The highest BCUT2D eigenvalue weighted by Gasteiger charge is 2.20. The molecule has 1 heterocycles. The van der Waals surface area contributed by atoms with E-state index in [0.717, 1.165) is 11.3 Å². The van der Waals surface area contributed by atoms with Crippen LogP contribution in [-0.2, 0) is 0 Å². The number of hydrogen-bond acceptors (Lipinski definition) is 3. The van der Waals surface area contributed by atoms with Crippen LogP contribution < -0.4 is 4.90 Å². The maximum atomic E-state index is 13.0. The molecular weight excluding hydrogens is 223 g/mol. The number of non-ortho nitro benzene ring substituents is 1. The summed E-state index contributed by atoms with van der Waals surface area (Å²) in [5, 5.41) is 10.6. The van der Waals surface area contributed by atoms with Crippen LogP contribution in [0, 0.1) is 17.0 Å². The molecule has 1 saturated heterocycles. The van der Waals surface area contributed by atoms with Crippen molar-refractivity contribution >= 4 is 11.4 Å². The molecule has 17 heavy (non-hydrogen) atoms. The Labute approximate surface area is 99.2 Å². The number of nitro groups is 1. The molecule has 0 aliphatic carbocycles. The SMILES string of the molecule is Cc1cc([N+](=O)[O-])ccc1N1CCC(F)CC1. The highest BCUT2D eigenvalue weighted by molar-refractivity contribution is 5.57. The smallest absolute Gasteiger partial charge is 0.269 e. The van der Waals surface area contributed by atoms with E-state index in [9.17, 15) is 14.5 Å². The topological polar surface area (TPSA) is 46.4 Å². The van der Waals surface area contributed by atoms with Gasteiger partial charge in [0.25, 0.3) is 5.69 Å². The zero-order chi connectivity index (χ0) is 12.4. The minimum Gasteiger partial charge on any atom is -0.371 e. The van der Waals surface area contributed by atoms with Crippen molar-refractivity contribution in [2.75, 3.05) is 18.0 Å². The molecule has 1 fully saturated rings. The van der Waals surface area contributed by atoms with Gasteiger partial charge >= 0.3 is 0 Å². The number of hydrogen-bond donors (Lipinski definition) is 0. The maximum absolute atomic E-state index is 13.0. The standard InChI is InChI=1S/C12H15FN2O2/c1-9-8-11(15(16)17)2-3-12(9)14-6-4-10(13)5-7-14/h2-3,8,10H,4-7H2,1H3. The van der Waals surface area contributed by atoms with Gasteiger partial charge in [-0.05, 0) is 31.4 Å². The second kappa shape index (κ2) is 4.69. The molecular formula is C12H15FN2O2. The van der Waals surface area contributed by atoms with Crippen LogP contribution in [0.25, 0.3) is 0 Å². The molecule has 0 aromatic heterocycles. The van der Waals surface area contributed by atoms with Gasteiger partial charge in [0.1, 0.15) is 6.17 Å². The molecule has 92 valence electrons. The average molecular weight is 238 g/mol. The van der Waals surface area contributed by atoms with Crippen molar-refractivity contribution in [1.82, 2.24) is 0 Å². The summed E-state index contributed by atoms with van der Waals surface area (Å²) in [4.78, 5) is 12.3. The Bertz CT molecular complexity index is 429. The van der Waals surface area contributed by atoms with Crippen LogP contribution in [0.15, 0.2) is 18.2 Å². The van der Waals surface area contributed by atoms with Crippen molar-refractivity contribution in [1.29, 1.82) is 0 Å². The molecule has 0 spiro atoms. The van der Waals surface area contributed by atoms with E-state index >= 15 is 0 Å². The second-order valence-corrected chi connectivity index (χ2v) is 4.39. The Morgan fingerprint density at radius 1 is 1.41 bits per heavy atom. The zero-order valence-corrected chi connectivity index (χ0v) is 9.73. The Morgan fingerprint density at radius 3 is 2.59 bits per heavy atom. The quantitative estimate of drug-likeness (QED) is 0.588. The minimum absolute atomic E-state index is 0.103. The van der Waals surface area contributed by atoms with Gasteiger partial charge < -0.3 is 4.90 Å². The molecule has 1 aliphatic heterocycles. The summed E-state index contributed by atoms with van der Waals surface area (Å²) in [5.41, 5.74) is 1.95. The number of aryl methyl sites for hydroxylation is 1. The number of piperidine rings is 1. The molecule has 0 radical (unpaired) electrons. The molecule has 0 bridgehead atoms. The summed E-state index contributed by atoms with van der Waals surface area (Å²) < 4.78 is 13.0. The Balaban J connectivity index is 2.19. The van der Waals surface area contributed by atoms with Gasteiger partial charge in [0.2, 0.25) is 0 Å². The van der Waals surface area contributed by atoms with Crippen LogP contribution in [0.1, 0.15) is 18.4 Å². The van der Waals surface area contributed by atoms with Gasteiger partial charge in [-0.1, -0.05) is 0 Å². The molecule has 4 nitrogen and oxygen atoms in total. The number of nitrogens with zero attached hydrogens (tertiary/aromatic N) is 2. The van der Waals surface area contributed by atoms with E-state index < -0.39 is 11.1 Å². The molecule has 1 aromatic rings. The molecule has 1 aromatic carbocycles. The van der Waals surface area contributed by atoms with E-state index in [0.29, 0.717) is 25.9 Å². The Hall–Kier alpha value is -1.65. The van der Waals surface area contributed by atoms with Gasteiger partial charge in [-0.15, -0.1) is 0 Å². The van der Waals surface area contributed by atoms with E-state index in [1.165, 1.54) is 6.07 Å². The van der Waals surface area contributed by atoms with Crippen molar-refractivity contribution in [2.24, 2.45) is 0 Å². The van der Waals surface area contributed by atoms with E-state index in [-0.39, 0.29) is 5.69 Å². The van der Waals surface area contributed by atoms with Gasteiger partial charge in [0, 0.05) is 30.9 Å². The lowest BCUT2D eigenvalue weighted by molar-refractivity contribution is -0.384. The van der Waals surface area contributed by atoms with Crippen LogP contribution >= 0.6 is 0 Å². The first-order valence-corrected chi connectivity index (χ1v) is 5.72. The molecule has 0 N–H and O–H groups in total. The number of nitro benzene ring substituents is 1. The largest absolute Gasteiger partial charge is 0.371 e. The van der Waals surface area contributed by atoms with E-state index in [2.05, 4.69) is 4.90 Å². The van der Waals surface area contributed by atoms with Crippen molar-refractivity contribution in [2.45, 2.75) is 25.9 Å². The average Bonchev–Trinajstić information content (AvgIpc) is 2.30. The summed E-state index contributed by atoms with van der Waals surface area (Å²) in [7, 11) is 0. The summed E-state index contributed by atoms with van der Waals surface area (Å²) in [6, 6.07) is 4.83. The van der Waals surface area contributed by atoms with Gasteiger partial charge in [0.05, 0.1) is 4.92 Å². The second-order valence-electron chi connectivity index (χ2n) is 4.39. The number of benzene rings is 1. The molecule has 2 rings (SSSR count). The van der Waals surface area contributed by atoms with E-state index in [1.807, 2.05) is 6.92 Å². The Kier molecular flexibility index (Phi) is 3.26. The lowest BCUT2D eigenvalue weighted by atomic mass is 10.1. The summed E-state index contributed by atoms with van der Waals surface area (Å²) >= 11 is 0. The van der Waals surface area contributed by atoms with Gasteiger partial charge in [-0.3, -0.25) is 10.1 Å². The third-order valence-electron chi connectivity index (χ3n) is 3.16. The number of halogens is 1. The first kappa shape index (κ1) is 11.8. The lowest BCUT2D eigenvalue weighted by Crippen LogP contribution is -2.34. The summed E-state index contributed by atoms with van der Waals surface area (Å²) in [6.45, 7) is 3.21. The van der Waals surface area contributed by atoms with Crippen LogP contribution in [-0.4, -0.2) is 24.2 Å². The summed E-state index contributed by atoms with van der Waals surface area (Å²) in [5.74, 6) is 0. The van der Waals surface area contributed by atoms with Gasteiger partial charge in [0.15, 0.2) is 0 Å². The molecule has 0 unspecified atom stereocenters. The number of alkyl halides is 1. The van der Waals surface area contributed by atoms with Crippen molar-refractivity contribution in [3.63, 3.8) is 0 Å². The molecule has 0 saturated carbocycles. The fourth-order valence-electron chi connectivity index (χ4n) is 2.20. The van der Waals surface area contributed by atoms with E-state index in [4.69, 9.17) is 0 Å². The molecule has 0 atom stereocenters. The first-order valence-electron chi connectivity index (χ1n) is 5.72. The van der Waals surface area contributed by atoms with Gasteiger partial charge in [-0.25, -0.2) is 4.39 Å². The molecule has 5 heteroatoms. The molecule has 1 aliphatic rings. The van der Waals surface area contributed by atoms with Crippen molar-refractivity contribution in [3.05, 3.63) is 33.9 Å². The predicted molar refractivity (Wildman–Crippen MR) is 64.2 cm³/mol. The fraction of sp³-hybridized carbons (Fsp3) is 0.500. The van der Waals surface area contributed by atoms with Crippen molar-refractivity contribution in [3.8, 4) is 0 Å². The lowest BCUT2D eigenvalue weighted by Gasteiger charge is -2.31. The Morgan fingerprint density at radius 2 is 2.06 bits per heavy atom. The summed E-state index contributed by atoms with van der Waals surface area (Å²) in [6.07, 6.45) is 0.372. The highest BCUT2D eigenvalue weighted by atomic mass is 19.1. The fourth-order valence-corrected chi connectivity index (χ4v) is 2.20. The van der Waals surface area contributed by atoms with Crippen LogP contribution in [0.2, 0.25) is 0 Å². The first-order chi connectivity index (χ1) is 8.08. The number of anilines is 1. The monoisotopic (exact) mass is 238 g/mol. The van der Waals surface area contributed by atoms with Gasteiger partial charge in [-0.2, -0.15) is 0 Å². The highest BCUT2D eigenvalue weighted by Crippen LogP contribution is 2.27. The third-order valence-corrected chi connectivity index (χ3v) is 3.16. The van der Waals surface area contributed by atoms with Crippen molar-refractivity contribution < 1.29 is 9.31 Å². The zero-order valence-electron chi connectivity index (χ0n) is 9.73. The maximum Gasteiger partial charge on any atom is 0.269 e. The third kappa shape index (κ3) is 2.54. The minimum atomic E-state index is -0.704. The van der Waals surface area contributed by atoms with Crippen LogP contribution in [0.4, 0.5) is 15.8 Å². The normalized spacial score (nSPS) is 17.2. The van der Waals surface area contributed by atoms with Crippen LogP contribution in [0.3, 0.4) is 0 Å². The number of rotatable bonds is 2. The van der Waals surface area contributed by atoms with Crippen LogP contribution in [0.5, 0.6) is 0 Å². The predicted octanol–water partition coefficient (Wildman–Crippen LogP) is 2.84. The molecule has 0 amide bonds.